The lowest BCUT2D eigenvalue weighted by Gasteiger charge is -2.34. The SMILES string of the molecule is CN1CCN(c2c(F)cc(ON(C)C)cc2F)CC1. The quantitative estimate of drug-likeness (QED) is 0.777. The molecule has 1 aliphatic heterocycles. The number of hydrogen-bond acceptors (Lipinski definition) is 4. The molecule has 0 atom stereocenters. The van der Waals surface area contributed by atoms with Crippen LogP contribution in [0, 0.1) is 11.6 Å². The monoisotopic (exact) mass is 271 g/mol. The molecule has 1 saturated heterocycles. The Bertz CT molecular complexity index is 423. The number of hydroxylamine groups is 2. The Morgan fingerprint density at radius 2 is 1.58 bits per heavy atom. The minimum Gasteiger partial charge on any atom is -0.406 e. The van der Waals surface area contributed by atoms with Crippen LogP contribution < -0.4 is 9.74 Å². The highest BCUT2D eigenvalue weighted by atomic mass is 19.1. The highest BCUT2D eigenvalue weighted by Gasteiger charge is 2.22. The van der Waals surface area contributed by atoms with E-state index in [9.17, 15) is 8.78 Å². The fraction of sp³-hybridized carbons (Fsp3) is 0.538. The molecule has 0 spiro atoms. The van der Waals surface area contributed by atoms with Gasteiger partial charge in [0.05, 0.1) is 0 Å². The molecule has 106 valence electrons. The predicted molar refractivity (Wildman–Crippen MR) is 70.4 cm³/mol. The van der Waals surface area contributed by atoms with E-state index in [1.165, 1.54) is 17.2 Å². The molecule has 1 aromatic carbocycles. The van der Waals surface area contributed by atoms with Gasteiger partial charge in [-0.05, 0) is 7.05 Å². The Labute approximate surface area is 112 Å². The Hall–Kier alpha value is -1.40. The number of rotatable bonds is 3. The van der Waals surface area contributed by atoms with Crippen LogP contribution in [0.25, 0.3) is 0 Å². The lowest BCUT2D eigenvalue weighted by molar-refractivity contribution is -0.00385. The molecule has 1 heterocycles. The summed E-state index contributed by atoms with van der Waals surface area (Å²) in [6.07, 6.45) is 0. The number of likely N-dealkylation sites (N-methyl/N-ethyl adjacent to an activating group) is 1. The zero-order valence-corrected chi connectivity index (χ0v) is 11.5. The van der Waals surface area contributed by atoms with Crippen molar-refractivity contribution in [2.75, 3.05) is 52.2 Å². The molecule has 19 heavy (non-hydrogen) atoms. The van der Waals surface area contributed by atoms with E-state index in [1.807, 2.05) is 7.05 Å². The number of piperazine rings is 1. The van der Waals surface area contributed by atoms with Crippen molar-refractivity contribution < 1.29 is 13.6 Å². The molecule has 0 amide bonds. The fourth-order valence-electron chi connectivity index (χ4n) is 2.14. The summed E-state index contributed by atoms with van der Waals surface area (Å²) in [7, 11) is 5.31. The van der Waals surface area contributed by atoms with E-state index < -0.39 is 11.6 Å². The molecule has 4 nitrogen and oxygen atoms in total. The molecule has 0 saturated carbocycles. The van der Waals surface area contributed by atoms with Crippen molar-refractivity contribution in [2.24, 2.45) is 0 Å². The van der Waals surface area contributed by atoms with E-state index in [-0.39, 0.29) is 11.4 Å². The molecule has 0 bridgehead atoms. The van der Waals surface area contributed by atoms with Crippen molar-refractivity contribution >= 4 is 5.69 Å². The van der Waals surface area contributed by atoms with E-state index in [4.69, 9.17) is 4.84 Å². The maximum Gasteiger partial charge on any atom is 0.153 e. The third-order valence-electron chi connectivity index (χ3n) is 3.10. The molecule has 6 heteroatoms. The van der Waals surface area contributed by atoms with Gasteiger partial charge in [-0.1, -0.05) is 0 Å². The summed E-state index contributed by atoms with van der Waals surface area (Å²) >= 11 is 0. The van der Waals surface area contributed by atoms with Gasteiger partial charge < -0.3 is 14.6 Å². The molecule has 0 aromatic heterocycles. The van der Waals surface area contributed by atoms with Gasteiger partial charge in [-0.2, -0.15) is 5.06 Å². The summed E-state index contributed by atoms with van der Waals surface area (Å²) in [5.74, 6) is -0.999. The maximum atomic E-state index is 14.0. The highest BCUT2D eigenvalue weighted by molar-refractivity contribution is 5.52. The van der Waals surface area contributed by atoms with Crippen LogP contribution in [-0.2, 0) is 0 Å². The summed E-state index contributed by atoms with van der Waals surface area (Å²) in [6.45, 7) is 2.85. The first-order valence-corrected chi connectivity index (χ1v) is 6.25. The molecule has 0 aliphatic carbocycles. The Morgan fingerprint density at radius 1 is 1.05 bits per heavy atom. The number of nitrogens with zero attached hydrogens (tertiary/aromatic N) is 3. The Morgan fingerprint density at radius 3 is 2.05 bits per heavy atom. The molecule has 1 fully saturated rings. The number of halogens is 2. The van der Waals surface area contributed by atoms with Crippen molar-refractivity contribution in [3.05, 3.63) is 23.8 Å². The van der Waals surface area contributed by atoms with Gasteiger partial charge in [0.15, 0.2) is 17.4 Å². The van der Waals surface area contributed by atoms with Gasteiger partial charge in [0, 0.05) is 52.4 Å². The first kappa shape index (κ1) is 14.0. The molecule has 1 aliphatic rings. The topological polar surface area (TPSA) is 19.0 Å². The van der Waals surface area contributed by atoms with Gasteiger partial charge in [0.2, 0.25) is 0 Å². The molecule has 1 aromatic rings. The minimum atomic E-state index is -0.582. The van der Waals surface area contributed by atoms with E-state index >= 15 is 0 Å². The number of hydrogen-bond donors (Lipinski definition) is 0. The van der Waals surface area contributed by atoms with Crippen LogP contribution in [0.15, 0.2) is 12.1 Å². The second-order valence-corrected chi connectivity index (χ2v) is 4.93. The predicted octanol–water partition coefficient (Wildman–Crippen LogP) is 1.57. The summed E-state index contributed by atoms with van der Waals surface area (Å²) in [5.41, 5.74) is 0.0409. The van der Waals surface area contributed by atoms with Crippen molar-refractivity contribution in [1.82, 2.24) is 9.96 Å². The van der Waals surface area contributed by atoms with Gasteiger partial charge in [0.25, 0.3) is 0 Å². The number of benzene rings is 1. The third-order valence-corrected chi connectivity index (χ3v) is 3.10. The molecular formula is C13H19F2N3O. The molecule has 0 radical (unpaired) electrons. The van der Waals surface area contributed by atoms with Crippen LogP contribution in [0.3, 0.4) is 0 Å². The Balaban J connectivity index is 2.21. The van der Waals surface area contributed by atoms with Crippen LogP contribution in [0.1, 0.15) is 0 Å². The van der Waals surface area contributed by atoms with Crippen molar-refractivity contribution in [1.29, 1.82) is 0 Å². The second-order valence-electron chi connectivity index (χ2n) is 4.93. The Kier molecular flexibility index (Phi) is 4.21. The highest BCUT2D eigenvalue weighted by Crippen LogP contribution is 2.29. The lowest BCUT2D eigenvalue weighted by Crippen LogP contribution is -2.45. The summed E-state index contributed by atoms with van der Waals surface area (Å²) < 4.78 is 28.1. The average molecular weight is 271 g/mol. The van der Waals surface area contributed by atoms with Crippen molar-refractivity contribution in [3.8, 4) is 5.75 Å². The molecule has 0 N–H and O–H groups in total. The van der Waals surface area contributed by atoms with Crippen molar-refractivity contribution in [2.45, 2.75) is 0 Å². The van der Waals surface area contributed by atoms with E-state index in [0.717, 1.165) is 13.1 Å². The summed E-state index contributed by atoms with van der Waals surface area (Å²) in [6, 6.07) is 2.44. The lowest BCUT2D eigenvalue weighted by atomic mass is 10.2. The van der Waals surface area contributed by atoms with Gasteiger partial charge in [-0.15, -0.1) is 0 Å². The normalized spacial score (nSPS) is 17.1. The fourth-order valence-corrected chi connectivity index (χ4v) is 2.14. The van der Waals surface area contributed by atoms with Crippen LogP contribution >= 0.6 is 0 Å². The number of anilines is 1. The zero-order valence-electron chi connectivity index (χ0n) is 11.5. The third kappa shape index (κ3) is 3.33. The van der Waals surface area contributed by atoms with Gasteiger partial charge in [-0.3, -0.25) is 0 Å². The van der Waals surface area contributed by atoms with Gasteiger partial charge >= 0.3 is 0 Å². The van der Waals surface area contributed by atoms with Crippen LogP contribution in [0.2, 0.25) is 0 Å². The second kappa shape index (κ2) is 5.71. The summed E-state index contributed by atoms with van der Waals surface area (Å²) in [5, 5.41) is 1.39. The molecular weight excluding hydrogens is 252 g/mol. The molecule has 0 unspecified atom stereocenters. The zero-order chi connectivity index (χ0) is 14.0. The van der Waals surface area contributed by atoms with Crippen molar-refractivity contribution in [3.63, 3.8) is 0 Å². The average Bonchev–Trinajstić information content (AvgIpc) is 2.29. The molecule has 2 rings (SSSR count). The van der Waals surface area contributed by atoms with E-state index in [1.54, 1.807) is 19.0 Å². The largest absolute Gasteiger partial charge is 0.406 e. The van der Waals surface area contributed by atoms with E-state index in [0.29, 0.717) is 13.1 Å². The summed E-state index contributed by atoms with van der Waals surface area (Å²) in [4.78, 5) is 9.04. The first-order chi connectivity index (χ1) is 8.97. The smallest absolute Gasteiger partial charge is 0.153 e. The minimum absolute atomic E-state index is 0.0409. The maximum absolute atomic E-state index is 14.0. The standard InChI is InChI=1S/C13H19F2N3O/c1-16(2)19-10-8-11(14)13(12(15)9-10)18-6-4-17(3)5-7-18/h8-9H,4-7H2,1-3H3. The van der Waals surface area contributed by atoms with E-state index in [2.05, 4.69) is 4.90 Å². The van der Waals surface area contributed by atoms with Crippen LogP contribution in [0.4, 0.5) is 14.5 Å². The first-order valence-electron chi connectivity index (χ1n) is 6.25. The van der Waals surface area contributed by atoms with Gasteiger partial charge in [-0.25, -0.2) is 8.78 Å². The van der Waals surface area contributed by atoms with Crippen LogP contribution in [-0.4, -0.2) is 57.3 Å². The van der Waals surface area contributed by atoms with Gasteiger partial charge in [0.1, 0.15) is 5.69 Å². The van der Waals surface area contributed by atoms with Crippen LogP contribution in [0.5, 0.6) is 5.75 Å².